The van der Waals surface area contributed by atoms with E-state index in [9.17, 15) is 9.18 Å². The van der Waals surface area contributed by atoms with Crippen LogP contribution in [0.25, 0.3) is 0 Å². The fourth-order valence-corrected chi connectivity index (χ4v) is 2.27. The van der Waals surface area contributed by atoms with Crippen LogP contribution in [0.2, 0.25) is 0 Å². The molecule has 5 heteroatoms. The Morgan fingerprint density at radius 3 is 2.86 bits per heavy atom. The Balaban J connectivity index is 1.91. The van der Waals surface area contributed by atoms with Crippen LogP contribution in [0, 0.1) is 5.82 Å². The van der Waals surface area contributed by atoms with Crippen LogP contribution in [0.3, 0.4) is 0 Å². The van der Waals surface area contributed by atoms with Crippen LogP contribution in [0.4, 0.5) is 4.39 Å². The van der Waals surface area contributed by atoms with Crippen LogP contribution in [0.1, 0.15) is 31.9 Å². The summed E-state index contributed by atoms with van der Waals surface area (Å²) in [5.74, 6) is -0.175. The van der Waals surface area contributed by atoms with Gasteiger partial charge in [0.05, 0.1) is 19.7 Å². The van der Waals surface area contributed by atoms with Crippen molar-refractivity contribution >= 4 is 5.91 Å². The molecule has 1 aliphatic heterocycles. The first-order valence-electron chi connectivity index (χ1n) is 7.48. The third-order valence-electron chi connectivity index (χ3n) is 3.88. The van der Waals surface area contributed by atoms with Crippen LogP contribution in [-0.2, 0) is 9.53 Å². The molecule has 0 aromatic heterocycles. The molecule has 1 fully saturated rings. The second-order valence-electron chi connectivity index (χ2n) is 5.44. The highest BCUT2D eigenvalue weighted by molar-refractivity contribution is 5.78. The molecule has 1 saturated heterocycles. The largest absolute Gasteiger partial charge is 0.370 e. The smallest absolute Gasteiger partial charge is 0.236 e. The molecule has 0 spiro atoms. The Bertz CT molecular complexity index is 464. The number of carbonyl (C=O) groups is 1. The van der Waals surface area contributed by atoms with Gasteiger partial charge < -0.3 is 15.0 Å². The number of morpholine rings is 1. The van der Waals surface area contributed by atoms with Crippen molar-refractivity contribution in [1.82, 2.24) is 10.2 Å². The number of benzene rings is 1. The predicted octanol–water partition coefficient (Wildman–Crippen LogP) is 2.11. The molecule has 1 heterocycles. The molecule has 1 aromatic carbocycles. The average molecular weight is 294 g/mol. The molecule has 2 rings (SSSR count). The molecule has 2 unspecified atom stereocenters. The van der Waals surface area contributed by atoms with E-state index in [0.29, 0.717) is 32.3 Å². The van der Waals surface area contributed by atoms with Gasteiger partial charge in [0, 0.05) is 12.6 Å². The second-order valence-corrected chi connectivity index (χ2v) is 5.44. The van der Waals surface area contributed by atoms with E-state index >= 15 is 0 Å². The van der Waals surface area contributed by atoms with Crippen molar-refractivity contribution in [3.63, 3.8) is 0 Å². The summed E-state index contributed by atoms with van der Waals surface area (Å²) in [6, 6.07) is 6.60. The van der Waals surface area contributed by atoms with E-state index < -0.39 is 0 Å². The molecule has 0 saturated carbocycles. The summed E-state index contributed by atoms with van der Waals surface area (Å²) in [6.45, 7) is 6.14. The molecule has 1 aliphatic rings. The predicted molar refractivity (Wildman–Crippen MR) is 79.4 cm³/mol. The van der Waals surface area contributed by atoms with Gasteiger partial charge in [-0.25, -0.2) is 4.39 Å². The molecule has 21 heavy (non-hydrogen) atoms. The Hall–Kier alpha value is -1.46. The standard InChI is InChI=1S/C16H23FN2O2/c1-3-12(2)18-10-16(20)19-8-9-21-15(11-19)13-4-6-14(17)7-5-13/h4-7,12,15,18H,3,8-11H2,1-2H3. The van der Waals surface area contributed by atoms with Crippen LogP contribution in [-0.4, -0.2) is 43.1 Å². The van der Waals surface area contributed by atoms with E-state index in [1.54, 1.807) is 12.1 Å². The fraction of sp³-hybridized carbons (Fsp3) is 0.562. The Kier molecular flexibility index (Phi) is 5.70. The van der Waals surface area contributed by atoms with Crippen LogP contribution in [0.15, 0.2) is 24.3 Å². The molecule has 0 bridgehead atoms. The van der Waals surface area contributed by atoms with Crippen molar-refractivity contribution in [2.45, 2.75) is 32.4 Å². The Morgan fingerprint density at radius 1 is 1.48 bits per heavy atom. The van der Waals surface area contributed by atoms with E-state index in [4.69, 9.17) is 4.74 Å². The van der Waals surface area contributed by atoms with Gasteiger partial charge in [0.25, 0.3) is 0 Å². The minimum atomic E-state index is -0.264. The number of nitrogens with zero attached hydrogens (tertiary/aromatic N) is 1. The molecule has 1 aromatic rings. The molecular formula is C16H23FN2O2. The van der Waals surface area contributed by atoms with Crippen LogP contribution < -0.4 is 5.32 Å². The summed E-state index contributed by atoms with van der Waals surface area (Å²) in [5, 5.41) is 3.21. The minimum Gasteiger partial charge on any atom is -0.370 e. The van der Waals surface area contributed by atoms with Gasteiger partial charge in [0.2, 0.25) is 5.91 Å². The zero-order valence-electron chi connectivity index (χ0n) is 12.6. The molecular weight excluding hydrogens is 271 g/mol. The van der Waals surface area contributed by atoms with Crippen LogP contribution in [0.5, 0.6) is 0 Å². The third kappa shape index (κ3) is 4.51. The van der Waals surface area contributed by atoms with Crippen LogP contribution >= 0.6 is 0 Å². The molecule has 2 atom stereocenters. The van der Waals surface area contributed by atoms with Gasteiger partial charge in [0.1, 0.15) is 11.9 Å². The number of ether oxygens (including phenoxy) is 1. The number of halogens is 1. The summed E-state index contributed by atoms with van der Waals surface area (Å²) in [7, 11) is 0. The SMILES string of the molecule is CCC(C)NCC(=O)N1CCOC(c2ccc(F)cc2)C1. The maximum atomic E-state index is 13.0. The molecule has 4 nitrogen and oxygen atoms in total. The highest BCUT2D eigenvalue weighted by Gasteiger charge is 2.25. The van der Waals surface area contributed by atoms with Gasteiger partial charge in [0.15, 0.2) is 0 Å². The number of rotatable bonds is 5. The fourth-order valence-electron chi connectivity index (χ4n) is 2.27. The van der Waals surface area contributed by atoms with Crippen molar-refractivity contribution in [2.24, 2.45) is 0 Å². The summed E-state index contributed by atoms with van der Waals surface area (Å²) in [4.78, 5) is 14.0. The molecule has 0 aliphatic carbocycles. The van der Waals surface area contributed by atoms with Crippen molar-refractivity contribution in [3.05, 3.63) is 35.6 Å². The molecule has 1 N–H and O–H groups in total. The lowest BCUT2D eigenvalue weighted by Gasteiger charge is -2.33. The number of hydrogen-bond donors (Lipinski definition) is 1. The lowest BCUT2D eigenvalue weighted by molar-refractivity contribution is -0.138. The van der Waals surface area contributed by atoms with Gasteiger partial charge in [-0.1, -0.05) is 19.1 Å². The normalized spacial score (nSPS) is 20.3. The zero-order valence-corrected chi connectivity index (χ0v) is 12.6. The second kappa shape index (κ2) is 7.52. The van der Waals surface area contributed by atoms with Crippen molar-refractivity contribution < 1.29 is 13.9 Å². The first-order chi connectivity index (χ1) is 10.1. The van der Waals surface area contributed by atoms with Gasteiger partial charge in [-0.15, -0.1) is 0 Å². The van der Waals surface area contributed by atoms with Gasteiger partial charge in [-0.2, -0.15) is 0 Å². The Labute approximate surface area is 125 Å². The van der Waals surface area contributed by atoms with Crippen molar-refractivity contribution in [2.75, 3.05) is 26.2 Å². The Morgan fingerprint density at radius 2 is 2.19 bits per heavy atom. The van der Waals surface area contributed by atoms with E-state index in [2.05, 4.69) is 19.2 Å². The van der Waals surface area contributed by atoms with Gasteiger partial charge in [-0.3, -0.25) is 4.79 Å². The summed E-state index contributed by atoms with van der Waals surface area (Å²) < 4.78 is 18.6. The third-order valence-corrected chi connectivity index (χ3v) is 3.88. The quantitative estimate of drug-likeness (QED) is 0.904. The van der Waals surface area contributed by atoms with E-state index in [-0.39, 0.29) is 17.8 Å². The van der Waals surface area contributed by atoms with Gasteiger partial charge >= 0.3 is 0 Å². The monoisotopic (exact) mass is 294 g/mol. The lowest BCUT2D eigenvalue weighted by atomic mass is 10.1. The number of amides is 1. The van der Waals surface area contributed by atoms with E-state index in [1.165, 1.54) is 12.1 Å². The molecule has 1 amide bonds. The van der Waals surface area contributed by atoms with Crippen molar-refractivity contribution in [3.8, 4) is 0 Å². The lowest BCUT2D eigenvalue weighted by Crippen LogP contribution is -2.46. The molecule has 116 valence electrons. The zero-order chi connectivity index (χ0) is 15.2. The highest BCUT2D eigenvalue weighted by atomic mass is 19.1. The highest BCUT2D eigenvalue weighted by Crippen LogP contribution is 2.22. The van der Waals surface area contributed by atoms with Crippen molar-refractivity contribution in [1.29, 1.82) is 0 Å². The topological polar surface area (TPSA) is 41.6 Å². The maximum absolute atomic E-state index is 13.0. The summed E-state index contributed by atoms with van der Waals surface area (Å²) >= 11 is 0. The van der Waals surface area contributed by atoms with E-state index in [0.717, 1.165) is 12.0 Å². The summed E-state index contributed by atoms with van der Waals surface area (Å²) in [6.07, 6.45) is 0.820. The van der Waals surface area contributed by atoms with E-state index in [1.807, 2.05) is 4.90 Å². The van der Waals surface area contributed by atoms with Gasteiger partial charge in [-0.05, 0) is 31.0 Å². The average Bonchev–Trinajstić information content (AvgIpc) is 2.53. The number of hydrogen-bond acceptors (Lipinski definition) is 3. The molecule has 0 radical (unpaired) electrons. The number of nitrogens with one attached hydrogen (secondary N) is 1. The first kappa shape index (κ1) is 15.9. The first-order valence-corrected chi connectivity index (χ1v) is 7.48. The number of carbonyl (C=O) groups excluding carboxylic acids is 1. The minimum absolute atomic E-state index is 0.0886. The maximum Gasteiger partial charge on any atom is 0.236 e. The summed E-state index contributed by atoms with van der Waals surface area (Å²) in [5.41, 5.74) is 0.906.